The number of aryl methyl sites for hydroxylation is 2. The molecule has 1 aliphatic carbocycles. The minimum absolute atomic E-state index is 0.103. The molecular weight excluding hydrogens is 250 g/mol. The van der Waals surface area contributed by atoms with Crippen LogP contribution in [0.2, 0.25) is 0 Å². The van der Waals surface area contributed by atoms with Crippen LogP contribution < -0.4 is 0 Å². The van der Waals surface area contributed by atoms with Crippen molar-refractivity contribution in [3.8, 4) is 6.07 Å². The highest BCUT2D eigenvalue weighted by Gasteiger charge is 2.65. The quantitative estimate of drug-likeness (QED) is 0.852. The minimum Gasteiger partial charge on any atom is -0.383 e. The maximum atomic E-state index is 11.4. The number of nitriles is 1. The van der Waals surface area contributed by atoms with Crippen LogP contribution in [0.4, 0.5) is 0 Å². The first-order valence-electron chi connectivity index (χ1n) is 7.48. The standard InChI is InChI=1S/C17H19NO2/c1-11-2-3-12-6-7-17(19,14(12)8-11)16(10-18)9-13-4-5-15(16)20-13/h2-3,8,13,15,19H,4-7,9H2,1H3. The van der Waals surface area contributed by atoms with E-state index in [9.17, 15) is 10.4 Å². The number of aliphatic hydroxyl groups is 1. The van der Waals surface area contributed by atoms with E-state index in [0.29, 0.717) is 12.8 Å². The highest BCUT2D eigenvalue weighted by Crippen LogP contribution is 2.60. The van der Waals surface area contributed by atoms with E-state index in [1.54, 1.807) is 0 Å². The van der Waals surface area contributed by atoms with Gasteiger partial charge in [-0.1, -0.05) is 23.8 Å². The molecule has 2 saturated heterocycles. The summed E-state index contributed by atoms with van der Waals surface area (Å²) in [6.45, 7) is 2.04. The summed E-state index contributed by atoms with van der Waals surface area (Å²) in [5.74, 6) is 0. The maximum Gasteiger partial charge on any atom is 0.119 e. The molecule has 0 radical (unpaired) electrons. The van der Waals surface area contributed by atoms with Gasteiger partial charge in [-0.25, -0.2) is 0 Å². The Morgan fingerprint density at radius 1 is 1.40 bits per heavy atom. The third-order valence-corrected chi connectivity index (χ3v) is 5.61. The summed E-state index contributed by atoms with van der Waals surface area (Å²) in [5.41, 5.74) is 1.50. The average molecular weight is 269 g/mol. The largest absolute Gasteiger partial charge is 0.383 e. The predicted molar refractivity (Wildman–Crippen MR) is 74.0 cm³/mol. The first kappa shape index (κ1) is 12.4. The van der Waals surface area contributed by atoms with Crippen molar-refractivity contribution in [1.82, 2.24) is 0 Å². The van der Waals surface area contributed by atoms with Gasteiger partial charge in [-0.2, -0.15) is 5.26 Å². The van der Waals surface area contributed by atoms with Crippen molar-refractivity contribution in [2.24, 2.45) is 5.41 Å². The lowest BCUT2D eigenvalue weighted by Gasteiger charge is -2.42. The third kappa shape index (κ3) is 1.31. The number of hydrogen-bond acceptors (Lipinski definition) is 3. The zero-order chi connectivity index (χ0) is 14.0. The first-order valence-corrected chi connectivity index (χ1v) is 7.48. The normalized spacial score (nSPS) is 41.6. The zero-order valence-corrected chi connectivity index (χ0v) is 11.7. The van der Waals surface area contributed by atoms with E-state index in [1.165, 1.54) is 5.56 Å². The molecule has 1 N–H and O–H groups in total. The second-order valence-electron chi connectivity index (χ2n) is 6.63. The van der Waals surface area contributed by atoms with E-state index >= 15 is 0 Å². The van der Waals surface area contributed by atoms with Gasteiger partial charge in [0.2, 0.25) is 0 Å². The van der Waals surface area contributed by atoms with Crippen LogP contribution in [-0.4, -0.2) is 17.3 Å². The maximum absolute atomic E-state index is 11.4. The second-order valence-corrected chi connectivity index (χ2v) is 6.63. The molecule has 4 atom stereocenters. The Kier molecular flexibility index (Phi) is 2.38. The Morgan fingerprint density at radius 2 is 2.25 bits per heavy atom. The lowest BCUT2D eigenvalue weighted by molar-refractivity contribution is -0.0898. The van der Waals surface area contributed by atoms with Gasteiger partial charge in [-0.15, -0.1) is 0 Å². The van der Waals surface area contributed by atoms with Gasteiger partial charge in [0, 0.05) is 0 Å². The number of rotatable bonds is 1. The van der Waals surface area contributed by atoms with Crippen LogP contribution in [0.15, 0.2) is 18.2 Å². The molecule has 104 valence electrons. The predicted octanol–water partition coefficient (Wildman–Crippen LogP) is 2.59. The smallest absolute Gasteiger partial charge is 0.119 e. The fraction of sp³-hybridized carbons (Fsp3) is 0.588. The number of benzene rings is 1. The number of ether oxygens (including phenoxy) is 1. The number of hydrogen-bond donors (Lipinski definition) is 1. The van der Waals surface area contributed by atoms with Crippen LogP contribution in [0, 0.1) is 23.7 Å². The van der Waals surface area contributed by atoms with Crippen LogP contribution >= 0.6 is 0 Å². The van der Waals surface area contributed by atoms with Crippen LogP contribution in [-0.2, 0) is 16.8 Å². The van der Waals surface area contributed by atoms with Crippen LogP contribution in [0.3, 0.4) is 0 Å². The van der Waals surface area contributed by atoms with Gasteiger partial charge >= 0.3 is 0 Å². The molecule has 4 rings (SSSR count). The van der Waals surface area contributed by atoms with Gasteiger partial charge in [0.05, 0.1) is 18.3 Å². The van der Waals surface area contributed by atoms with Gasteiger partial charge in [-0.3, -0.25) is 0 Å². The van der Waals surface area contributed by atoms with E-state index < -0.39 is 11.0 Å². The molecule has 2 fully saturated rings. The fourth-order valence-electron chi connectivity index (χ4n) is 4.56. The van der Waals surface area contributed by atoms with Crippen molar-refractivity contribution < 1.29 is 9.84 Å². The summed E-state index contributed by atoms with van der Waals surface area (Å²) in [5, 5.41) is 21.3. The van der Waals surface area contributed by atoms with Crippen molar-refractivity contribution in [2.75, 3.05) is 0 Å². The molecule has 2 bridgehead atoms. The Bertz CT molecular complexity index is 620. The molecule has 0 saturated carbocycles. The molecule has 3 nitrogen and oxygen atoms in total. The first-order chi connectivity index (χ1) is 9.59. The Labute approximate surface area is 119 Å². The Balaban J connectivity index is 1.87. The fourth-order valence-corrected chi connectivity index (χ4v) is 4.56. The Hall–Kier alpha value is -1.37. The summed E-state index contributed by atoms with van der Waals surface area (Å²) in [6.07, 6.45) is 4.18. The molecule has 3 aliphatic rings. The van der Waals surface area contributed by atoms with Gasteiger partial charge < -0.3 is 9.84 Å². The lowest BCUT2D eigenvalue weighted by Crippen LogP contribution is -2.49. The van der Waals surface area contributed by atoms with Crippen molar-refractivity contribution in [3.05, 3.63) is 34.9 Å². The number of nitrogens with zero attached hydrogens (tertiary/aromatic N) is 1. The molecule has 2 aliphatic heterocycles. The topological polar surface area (TPSA) is 53.2 Å². The van der Waals surface area contributed by atoms with E-state index in [0.717, 1.165) is 30.4 Å². The molecule has 3 heteroatoms. The van der Waals surface area contributed by atoms with E-state index in [2.05, 4.69) is 24.3 Å². The Morgan fingerprint density at radius 3 is 2.90 bits per heavy atom. The number of fused-ring (bicyclic) bond motifs is 3. The van der Waals surface area contributed by atoms with Crippen molar-refractivity contribution in [2.45, 2.75) is 56.8 Å². The molecule has 4 unspecified atom stereocenters. The molecule has 20 heavy (non-hydrogen) atoms. The highest BCUT2D eigenvalue weighted by atomic mass is 16.5. The van der Waals surface area contributed by atoms with Crippen LogP contribution in [0.5, 0.6) is 0 Å². The molecule has 1 aromatic carbocycles. The van der Waals surface area contributed by atoms with Gasteiger partial charge in [-0.05, 0) is 50.2 Å². The van der Waals surface area contributed by atoms with Gasteiger partial charge in [0.25, 0.3) is 0 Å². The monoisotopic (exact) mass is 269 g/mol. The molecule has 0 aromatic heterocycles. The molecule has 2 heterocycles. The zero-order valence-electron chi connectivity index (χ0n) is 11.7. The summed E-state index contributed by atoms with van der Waals surface area (Å²) < 4.78 is 5.92. The van der Waals surface area contributed by atoms with Gasteiger partial charge in [0.15, 0.2) is 0 Å². The van der Waals surface area contributed by atoms with Gasteiger partial charge in [0.1, 0.15) is 11.0 Å². The summed E-state index contributed by atoms with van der Waals surface area (Å²) in [4.78, 5) is 0. The van der Waals surface area contributed by atoms with E-state index in [1.807, 2.05) is 6.92 Å². The van der Waals surface area contributed by atoms with E-state index in [4.69, 9.17) is 4.74 Å². The highest BCUT2D eigenvalue weighted by molar-refractivity contribution is 5.44. The molecule has 1 aromatic rings. The van der Waals surface area contributed by atoms with E-state index in [-0.39, 0.29) is 12.2 Å². The second kappa shape index (κ2) is 3.84. The van der Waals surface area contributed by atoms with Crippen molar-refractivity contribution in [3.63, 3.8) is 0 Å². The van der Waals surface area contributed by atoms with Crippen LogP contribution in [0.25, 0.3) is 0 Å². The lowest BCUT2D eigenvalue weighted by atomic mass is 9.62. The summed E-state index contributed by atoms with van der Waals surface area (Å²) in [6, 6.07) is 8.72. The minimum atomic E-state index is -1.04. The van der Waals surface area contributed by atoms with Crippen LogP contribution in [0.1, 0.15) is 42.4 Å². The summed E-state index contributed by atoms with van der Waals surface area (Å²) >= 11 is 0. The summed E-state index contributed by atoms with van der Waals surface area (Å²) in [7, 11) is 0. The average Bonchev–Trinajstić information content (AvgIpc) is 3.13. The van der Waals surface area contributed by atoms with Crippen molar-refractivity contribution in [1.29, 1.82) is 5.26 Å². The molecular formula is C17H19NO2. The molecule has 0 spiro atoms. The molecule has 0 amide bonds. The third-order valence-electron chi connectivity index (χ3n) is 5.61. The SMILES string of the molecule is Cc1ccc2c(c1)C(O)(C1(C#N)CC3CCC1O3)CC2. The van der Waals surface area contributed by atoms with Crippen molar-refractivity contribution >= 4 is 0 Å².